The lowest BCUT2D eigenvalue weighted by Gasteiger charge is -2.20. The van der Waals surface area contributed by atoms with Crippen LogP contribution in [-0.4, -0.2) is 27.8 Å². The minimum atomic E-state index is 0.761. The largest absolute Gasteiger partial charge is 0.457 e. The van der Waals surface area contributed by atoms with Crippen LogP contribution in [-0.2, 0) is 7.05 Å². The first-order valence-corrected chi connectivity index (χ1v) is 16.9. The van der Waals surface area contributed by atoms with E-state index < -0.39 is 0 Å². The number of pyridine rings is 1. The number of ether oxygens (including phenoxy) is 1. The molecule has 0 aliphatic carbocycles. The lowest BCUT2D eigenvalue weighted by molar-refractivity contribution is 0.483. The molecule has 0 N–H and O–H groups in total. The minimum Gasteiger partial charge on any atom is -0.457 e. The molecule has 0 spiro atoms. The lowest BCUT2D eigenvalue weighted by atomic mass is 10.0. The van der Waals surface area contributed by atoms with Crippen molar-refractivity contribution in [2.75, 3.05) is 23.5 Å². The van der Waals surface area contributed by atoms with E-state index in [1.165, 1.54) is 38.8 Å². The Hall–Kier alpha value is -6.53. The van der Waals surface area contributed by atoms with Crippen LogP contribution in [0.5, 0.6) is 11.5 Å². The SMILES string of the molecule is CN1CN(c2cccc(Oc3ccc4c5ccccc5n(-c5cc6c(cn5)c5ccccc5n6C)c4c3)c2)c2ccc(-c3ccccc3)cc21. The second kappa shape index (κ2) is 11.0. The van der Waals surface area contributed by atoms with E-state index in [9.17, 15) is 0 Å². The quantitative estimate of drug-likeness (QED) is 0.186. The molecule has 0 amide bonds. The number of rotatable bonds is 5. The molecule has 6 aromatic carbocycles. The molecular weight excluding hydrogens is 615 g/mol. The summed E-state index contributed by atoms with van der Waals surface area (Å²) in [5.74, 6) is 2.44. The molecular formula is C44H33N5O. The molecule has 0 fully saturated rings. The summed E-state index contributed by atoms with van der Waals surface area (Å²) in [6, 6.07) is 51.3. The molecule has 0 saturated carbocycles. The molecule has 0 bridgehead atoms. The van der Waals surface area contributed by atoms with Gasteiger partial charge in [-0.05, 0) is 59.7 Å². The van der Waals surface area contributed by atoms with Crippen molar-refractivity contribution < 1.29 is 4.74 Å². The Labute approximate surface area is 289 Å². The van der Waals surface area contributed by atoms with Crippen molar-refractivity contribution in [3.8, 4) is 28.4 Å². The van der Waals surface area contributed by atoms with Crippen molar-refractivity contribution >= 4 is 60.7 Å². The van der Waals surface area contributed by atoms with Gasteiger partial charge >= 0.3 is 0 Å². The third-order valence-electron chi connectivity index (χ3n) is 10.2. The molecule has 0 unspecified atom stereocenters. The zero-order valence-corrected chi connectivity index (χ0v) is 27.8. The smallest absolute Gasteiger partial charge is 0.139 e. The average Bonchev–Trinajstić information content (AvgIpc) is 3.78. The van der Waals surface area contributed by atoms with E-state index in [-0.39, 0.29) is 0 Å². The number of nitrogens with zero attached hydrogens (tertiary/aromatic N) is 5. The van der Waals surface area contributed by atoms with Crippen LogP contribution in [0.3, 0.4) is 0 Å². The number of anilines is 3. The van der Waals surface area contributed by atoms with Crippen LogP contribution in [0.25, 0.3) is 60.6 Å². The second-order valence-electron chi connectivity index (χ2n) is 13.1. The molecule has 9 aromatic rings. The van der Waals surface area contributed by atoms with E-state index >= 15 is 0 Å². The number of aromatic nitrogens is 3. The van der Waals surface area contributed by atoms with Crippen molar-refractivity contribution in [1.82, 2.24) is 14.1 Å². The van der Waals surface area contributed by atoms with Crippen LogP contribution in [0, 0.1) is 0 Å². The number of fused-ring (bicyclic) bond motifs is 7. The summed E-state index contributed by atoms with van der Waals surface area (Å²) in [6.07, 6.45) is 2.01. The molecule has 4 heterocycles. The van der Waals surface area contributed by atoms with E-state index in [1.54, 1.807) is 0 Å². The summed E-state index contributed by atoms with van der Waals surface area (Å²) in [5, 5.41) is 4.71. The Balaban J connectivity index is 1.02. The predicted molar refractivity (Wildman–Crippen MR) is 206 cm³/mol. The highest BCUT2D eigenvalue weighted by atomic mass is 16.5. The van der Waals surface area contributed by atoms with Crippen LogP contribution in [0.4, 0.5) is 17.1 Å². The molecule has 1 aliphatic rings. The number of benzene rings is 6. The van der Waals surface area contributed by atoms with E-state index in [1.807, 2.05) is 12.3 Å². The molecule has 6 nitrogen and oxygen atoms in total. The Bertz CT molecular complexity index is 2760. The fraction of sp³-hybridized carbons (Fsp3) is 0.0682. The standard InChI is InChI=1S/C44H33N5O/c1-46-28-48(40-22-19-30(23-43(40)46)29-11-4-3-5-12-29)31-13-10-14-32(24-31)50-33-20-21-36-34-15-7-9-18-39(34)49(42(36)25-33)44-26-41-37(27-45-44)35-16-6-8-17-38(35)47(41)2/h3-27H,28H2,1-2H3. The molecule has 50 heavy (non-hydrogen) atoms. The van der Waals surface area contributed by atoms with Gasteiger partial charge < -0.3 is 19.1 Å². The lowest BCUT2D eigenvalue weighted by Crippen LogP contribution is -2.23. The van der Waals surface area contributed by atoms with Crippen molar-refractivity contribution in [1.29, 1.82) is 0 Å². The molecule has 1 aliphatic heterocycles. The van der Waals surface area contributed by atoms with Crippen LogP contribution >= 0.6 is 0 Å². The van der Waals surface area contributed by atoms with E-state index in [0.717, 1.165) is 57.0 Å². The monoisotopic (exact) mass is 647 g/mol. The summed E-state index contributed by atoms with van der Waals surface area (Å²) in [4.78, 5) is 9.67. The minimum absolute atomic E-state index is 0.761. The summed E-state index contributed by atoms with van der Waals surface area (Å²) in [5.41, 5.74) is 10.4. The average molecular weight is 648 g/mol. The van der Waals surface area contributed by atoms with Crippen LogP contribution < -0.4 is 14.5 Å². The van der Waals surface area contributed by atoms with Crippen molar-refractivity contribution in [2.45, 2.75) is 0 Å². The van der Waals surface area contributed by atoms with E-state index in [0.29, 0.717) is 0 Å². The topological polar surface area (TPSA) is 38.5 Å². The molecule has 0 radical (unpaired) electrons. The second-order valence-corrected chi connectivity index (χ2v) is 13.1. The third kappa shape index (κ3) is 4.38. The third-order valence-corrected chi connectivity index (χ3v) is 10.2. The van der Waals surface area contributed by atoms with Gasteiger partial charge in [0.15, 0.2) is 0 Å². The Kier molecular flexibility index (Phi) is 6.27. The summed E-state index contributed by atoms with van der Waals surface area (Å²) in [6.45, 7) is 0.761. The predicted octanol–water partition coefficient (Wildman–Crippen LogP) is 10.8. The summed E-state index contributed by atoms with van der Waals surface area (Å²) in [7, 11) is 4.27. The molecule has 6 heteroatoms. The number of aryl methyl sites for hydroxylation is 1. The number of para-hydroxylation sites is 2. The number of hydrogen-bond acceptors (Lipinski definition) is 4. The first-order valence-electron chi connectivity index (χ1n) is 16.9. The Morgan fingerprint density at radius 3 is 2.12 bits per heavy atom. The highest BCUT2D eigenvalue weighted by Gasteiger charge is 2.25. The van der Waals surface area contributed by atoms with Crippen LogP contribution in [0.2, 0.25) is 0 Å². The van der Waals surface area contributed by atoms with E-state index in [4.69, 9.17) is 9.72 Å². The van der Waals surface area contributed by atoms with Crippen LogP contribution in [0.15, 0.2) is 152 Å². The molecule has 0 saturated heterocycles. The first kappa shape index (κ1) is 28.5. The summed E-state index contributed by atoms with van der Waals surface area (Å²) < 4.78 is 11.1. The fourth-order valence-corrected chi connectivity index (χ4v) is 7.73. The maximum atomic E-state index is 6.62. The van der Waals surface area contributed by atoms with Gasteiger partial charge in [0.2, 0.25) is 0 Å². The van der Waals surface area contributed by atoms with E-state index in [2.05, 4.69) is 173 Å². The van der Waals surface area contributed by atoms with Gasteiger partial charge in [-0.2, -0.15) is 0 Å². The highest BCUT2D eigenvalue weighted by molar-refractivity contribution is 6.11. The van der Waals surface area contributed by atoms with Gasteiger partial charge in [-0.3, -0.25) is 4.57 Å². The normalized spacial score (nSPS) is 12.8. The van der Waals surface area contributed by atoms with Gasteiger partial charge in [-0.25, -0.2) is 4.98 Å². The molecule has 3 aromatic heterocycles. The zero-order chi connectivity index (χ0) is 33.3. The van der Waals surface area contributed by atoms with Gasteiger partial charge in [0.25, 0.3) is 0 Å². The van der Waals surface area contributed by atoms with Gasteiger partial charge in [0.1, 0.15) is 17.3 Å². The van der Waals surface area contributed by atoms with Gasteiger partial charge in [-0.15, -0.1) is 0 Å². The first-order chi connectivity index (χ1) is 24.6. The maximum absolute atomic E-state index is 6.62. The summed E-state index contributed by atoms with van der Waals surface area (Å²) >= 11 is 0. The van der Waals surface area contributed by atoms with Gasteiger partial charge in [-0.1, -0.05) is 78.9 Å². The molecule has 240 valence electrons. The highest BCUT2D eigenvalue weighted by Crippen LogP contribution is 2.43. The van der Waals surface area contributed by atoms with Crippen LogP contribution in [0.1, 0.15) is 0 Å². The van der Waals surface area contributed by atoms with Crippen molar-refractivity contribution in [3.05, 3.63) is 152 Å². The van der Waals surface area contributed by atoms with Crippen molar-refractivity contribution in [2.24, 2.45) is 7.05 Å². The zero-order valence-electron chi connectivity index (χ0n) is 27.8. The maximum Gasteiger partial charge on any atom is 0.139 e. The fourth-order valence-electron chi connectivity index (χ4n) is 7.73. The van der Waals surface area contributed by atoms with Crippen molar-refractivity contribution in [3.63, 3.8) is 0 Å². The molecule has 0 atom stereocenters. The molecule has 10 rings (SSSR count). The van der Waals surface area contributed by atoms with Gasteiger partial charge in [0, 0.05) is 71.2 Å². The Morgan fingerprint density at radius 1 is 0.520 bits per heavy atom. The number of hydrogen-bond donors (Lipinski definition) is 0. The Morgan fingerprint density at radius 2 is 1.26 bits per heavy atom. The van der Waals surface area contributed by atoms with Gasteiger partial charge in [0.05, 0.1) is 34.6 Å².